The van der Waals surface area contributed by atoms with E-state index in [0.29, 0.717) is 6.42 Å². The second-order valence-corrected chi connectivity index (χ2v) is 10.5. The Balaban J connectivity index is 3.72. The highest BCUT2D eigenvalue weighted by Gasteiger charge is 2.17. The van der Waals surface area contributed by atoms with E-state index in [1.807, 2.05) is 6.08 Å². The van der Waals surface area contributed by atoms with Crippen LogP contribution in [0.5, 0.6) is 0 Å². The fourth-order valence-corrected chi connectivity index (χ4v) is 4.39. The summed E-state index contributed by atoms with van der Waals surface area (Å²) in [5, 5.41) is 22.7. The van der Waals surface area contributed by atoms with E-state index in [0.717, 1.165) is 44.9 Å². The molecule has 0 saturated carbocycles. The Kier molecular flexibility index (Phi) is 28.1. The van der Waals surface area contributed by atoms with Crippen molar-refractivity contribution in [2.75, 3.05) is 6.61 Å². The van der Waals surface area contributed by atoms with Gasteiger partial charge in [0.25, 0.3) is 0 Å². The highest BCUT2D eigenvalue weighted by molar-refractivity contribution is 5.76. The van der Waals surface area contributed by atoms with Crippen LogP contribution in [0.25, 0.3) is 0 Å². The molecule has 0 aliphatic heterocycles. The summed E-state index contributed by atoms with van der Waals surface area (Å²) in [6, 6.07) is -0.638. The zero-order chi connectivity index (χ0) is 27.2. The molecule has 0 saturated heterocycles. The van der Waals surface area contributed by atoms with Gasteiger partial charge in [-0.2, -0.15) is 0 Å². The van der Waals surface area contributed by atoms with Crippen molar-refractivity contribution in [2.24, 2.45) is 0 Å². The number of allylic oxidation sites excluding steroid dienone is 5. The van der Waals surface area contributed by atoms with Gasteiger partial charge in [-0.05, 0) is 38.5 Å². The average molecular weight is 520 g/mol. The zero-order valence-corrected chi connectivity index (χ0v) is 24.5. The van der Waals surface area contributed by atoms with Crippen molar-refractivity contribution in [2.45, 2.75) is 161 Å². The van der Waals surface area contributed by atoms with Crippen molar-refractivity contribution in [1.82, 2.24) is 5.32 Å². The SMILES string of the molecule is CCC/C=C/CC/C=C/CC/C=C/C(O)C(CO)NC(=O)CCCCCCCCCCCCCCCC. The minimum Gasteiger partial charge on any atom is -0.394 e. The average Bonchev–Trinajstić information content (AvgIpc) is 2.90. The van der Waals surface area contributed by atoms with Gasteiger partial charge in [0.05, 0.1) is 18.8 Å². The predicted molar refractivity (Wildman–Crippen MR) is 161 cm³/mol. The minimum absolute atomic E-state index is 0.0821. The molecular weight excluding hydrogens is 458 g/mol. The summed E-state index contributed by atoms with van der Waals surface area (Å²) in [5.41, 5.74) is 0. The molecular formula is C33H61NO3. The van der Waals surface area contributed by atoms with E-state index in [1.54, 1.807) is 6.08 Å². The molecule has 4 heteroatoms. The van der Waals surface area contributed by atoms with E-state index in [9.17, 15) is 15.0 Å². The molecule has 216 valence electrons. The standard InChI is InChI=1S/C33H61NO3/c1-3-5-7-9-11-13-15-16-17-19-21-23-25-27-29-33(37)34-31(30-35)32(36)28-26-24-22-20-18-14-12-10-8-6-4-2/h8,10,18,20,26,28,31-32,35-36H,3-7,9,11-17,19,21-25,27,29-30H2,1-2H3,(H,34,37)/b10-8+,20-18+,28-26+. The molecule has 0 aliphatic carbocycles. The van der Waals surface area contributed by atoms with Crippen LogP contribution in [-0.2, 0) is 4.79 Å². The smallest absolute Gasteiger partial charge is 0.220 e. The third-order valence-electron chi connectivity index (χ3n) is 6.83. The third kappa shape index (κ3) is 26.0. The van der Waals surface area contributed by atoms with E-state index >= 15 is 0 Å². The lowest BCUT2D eigenvalue weighted by atomic mass is 10.0. The largest absolute Gasteiger partial charge is 0.394 e. The molecule has 0 bridgehead atoms. The van der Waals surface area contributed by atoms with Gasteiger partial charge in [0.2, 0.25) is 5.91 Å². The van der Waals surface area contributed by atoms with Gasteiger partial charge in [-0.15, -0.1) is 0 Å². The first kappa shape index (κ1) is 35.6. The van der Waals surface area contributed by atoms with Crippen LogP contribution in [-0.4, -0.2) is 34.9 Å². The fraction of sp³-hybridized carbons (Fsp3) is 0.788. The van der Waals surface area contributed by atoms with E-state index in [4.69, 9.17) is 0 Å². The van der Waals surface area contributed by atoms with Crippen LogP contribution < -0.4 is 5.32 Å². The molecule has 0 spiro atoms. The fourth-order valence-electron chi connectivity index (χ4n) is 4.39. The number of rotatable bonds is 27. The van der Waals surface area contributed by atoms with Crippen molar-refractivity contribution in [1.29, 1.82) is 0 Å². The predicted octanol–water partition coefficient (Wildman–Crippen LogP) is 8.72. The molecule has 4 nitrogen and oxygen atoms in total. The molecule has 0 heterocycles. The van der Waals surface area contributed by atoms with Crippen molar-refractivity contribution < 1.29 is 15.0 Å². The van der Waals surface area contributed by atoms with Crippen LogP contribution in [0.15, 0.2) is 36.5 Å². The van der Waals surface area contributed by atoms with Gasteiger partial charge < -0.3 is 15.5 Å². The summed E-state index contributed by atoms with van der Waals surface area (Å²) in [4.78, 5) is 12.2. The summed E-state index contributed by atoms with van der Waals surface area (Å²) < 4.78 is 0. The molecule has 2 unspecified atom stereocenters. The first-order chi connectivity index (χ1) is 18.2. The molecule has 3 N–H and O–H groups in total. The molecule has 0 aromatic rings. The van der Waals surface area contributed by atoms with Crippen LogP contribution in [0.4, 0.5) is 0 Å². The van der Waals surface area contributed by atoms with Gasteiger partial charge in [-0.25, -0.2) is 0 Å². The molecule has 0 radical (unpaired) electrons. The highest BCUT2D eigenvalue weighted by Crippen LogP contribution is 2.13. The Morgan fingerprint density at radius 3 is 1.51 bits per heavy atom. The van der Waals surface area contributed by atoms with E-state index in [1.165, 1.54) is 83.5 Å². The van der Waals surface area contributed by atoms with Gasteiger partial charge in [-0.3, -0.25) is 4.79 Å². The summed E-state index contributed by atoms with van der Waals surface area (Å²) in [6.07, 6.45) is 36.4. The molecule has 1 amide bonds. The number of aliphatic hydroxyl groups excluding tert-OH is 2. The lowest BCUT2D eigenvalue weighted by Crippen LogP contribution is -2.45. The number of unbranched alkanes of at least 4 members (excludes halogenated alkanes) is 16. The van der Waals surface area contributed by atoms with Crippen molar-refractivity contribution in [3.63, 3.8) is 0 Å². The molecule has 0 rings (SSSR count). The Morgan fingerprint density at radius 2 is 1.05 bits per heavy atom. The Hall–Kier alpha value is -1.39. The maximum atomic E-state index is 12.2. The summed E-state index contributed by atoms with van der Waals surface area (Å²) in [5.74, 6) is -0.0821. The molecule has 0 aromatic carbocycles. The number of hydrogen-bond donors (Lipinski definition) is 3. The first-order valence-corrected chi connectivity index (χ1v) is 15.7. The Morgan fingerprint density at radius 1 is 0.622 bits per heavy atom. The van der Waals surface area contributed by atoms with Gasteiger partial charge in [0, 0.05) is 6.42 Å². The Labute approximate surface area is 230 Å². The number of carbonyl (C=O) groups is 1. The lowest BCUT2D eigenvalue weighted by Gasteiger charge is -2.19. The second-order valence-electron chi connectivity index (χ2n) is 10.5. The van der Waals surface area contributed by atoms with Crippen LogP contribution in [0.3, 0.4) is 0 Å². The summed E-state index contributed by atoms with van der Waals surface area (Å²) >= 11 is 0. The quantitative estimate of drug-likeness (QED) is 0.0750. The highest BCUT2D eigenvalue weighted by atomic mass is 16.3. The lowest BCUT2D eigenvalue weighted by molar-refractivity contribution is -0.123. The van der Waals surface area contributed by atoms with Gasteiger partial charge >= 0.3 is 0 Å². The molecule has 0 aliphatic rings. The third-order valence-corrected chi connectivity index (χ3v) is 6.83. The summed E-state index contributed by atoms with van der Waals surface area (Å²) in [7, 11) is 0. The monoisotopic (exact) mass is 519 g/mol. The van der Waals surface area contributed by atoms with Crippen molar-refractivity contribution in [3.05, 3.63) is 36.5 Å². The normalized spacial score (nSPS) is 13.7. The molecule has 2 atom stereocenters. The Bertz CT molecular complexity index is 570. The number of hydrogen-bond acceptors (Lipinski definition) is 3. The van der Waals surface area contributed by atoms with Gasteiger partial charge in [-0.1, -0.05) is 140 Å². The molecule has 0 aromatic heterocycles. The number of carbonyl (C=O) groups excluding carboxylic acids is 1. The van der Waals surface area contributed by atoms with E-state index < -0.39 is 12.1 Å². The second kappa shape index (κ2) is 29.2. The van der Waals surface area contributed by atoms with Gasteiger partial charge in [0.1, 0.15) is 0 Å². The zero-order valence-electron chi connectivity index (χ0n) is 24.5. The molecule has 37 heavy (non-hydrogen) atoms. The topological polar surface area (TPSA) is 69.6 Å². The number of amides is 1. The minimum atomic E-state index is -0.863. The van der Waals surface area contributed by atoms with Gasteiger partial charge in [0.15, 0.2) is 0 Å². The maximum Gasteiger partial charge on any atom is 0.220 e. The van der Waals surface area contributed by atoms with Crippen molar-refractivity contribution in [3.8, 4) is 0 Å². The summed E-state index contributed by atoms with van der Waals surface area (Å²) in [6.45, 7) is 4.19. The first-order valence-electron chi connectivity index (χ1n) is 15.7. The maximum absolute atomic E-state index is 12.2. The van der Waals surface area contributed by atoms with Crippen molar-refractivity contribution >= 4 is 5.91 Å². The van der Waals surface area contributed by atoms with Crippen LogP contribution >= 0.6 is 0 Å². The number of nitrogens with one attached hydrogen (secondary N) is 1. The van der Waals surface area contributed by atoms with Crippen LogP contribution in [0.2, 0.25) is 0 Å². The van der Waals surface area contributed by atoms with E-state index in [2.05, 4.69) is 43.5 Å². The molecule has 0 fully saturated rings. The van der Waals surface area contributed by atoms with E-state index in [-0.39, 0.29) is 12.5 Å². The number of aliphatic hydroxyl groups is 2. The van der Waals surface area contributed by atoms with Crippen LogP contribution in [0, 0.1) is 0 Å². The van der Waals surface area contributed by atoms with Crippen LogP contribution in [0.1, 0.15) is 149 Å².